The molecule has 80 valence electrons. The zero-order chi connectivity index (χ0) is 11.6. The number of carbonyl (C=O) groups excluding carboxylic acids is 1. The Morgan fingerprint density at radius 3 is 2.07 bits per heavy atom. The van der Waals surface area contributed by atoms with E-state index in [0.717, 1.165) is 26.7 Å². The molecule has 0 fully saturated rings. The maximum absolute atomic E-state index is 11.8. The van der Waals surface area contributed by atoms with Gasteiger partial charge in [-0.05, 0) is 57.0 Å². The Labute approximate surface area is 99.3 Å². The van der Waals surface area contributed by atoms with Crippen molar-refractivity contribution in [3.63, 3.8) is 0 Å². The summed E-state index contributed by atoms with van der Waals surface area (Å²) in [4.78, 5) is 11.8. The van der Waals surface area contributed by atoms with E-state index in [1.54, 1.807) is 6.08 Å². The Balaban J connectivity index is 3.18. The molecule has 0 amide bonds. The van der Waals surface area contributed by atoms with Gasteiger partial charge in [-0.3, -0.25) is 4.79 Å². The number of allylic oxidation sites excluding steroid dienone is 2. The molecule has 0 aliphatic carbocycles. The Morgan fingerprint density at radius 1 is 1.20 bits per heavy atom. The molecule has 0 spiro atoms. The van der Waals surface area contributed by atoms with Crippen molar-refractivity contribution in [2.75, 3.05) is 0 Å². The minimum absolute atomic E-state index is 0.0775. The minimum atomic E-state index is 0.0775. The summed E-state index contributed by atoms with van der Waals surface area (Å²) in [6, 6.07) is 3.83. The molecule has 1 aromatic carbocycles. The first-order valence-electron chi connectivity index (χ1n) is 4.88. The molecule has 2 heteroatoms. The van der Waals surface area contributed by atoms with E-state index < -0.39 is 0 Å². The van der Waals surface area contributed by atoms with Crippen LogP contribution in [-0.4, -0.2) is 5.78 Å². The third-order valence-electron chi connectivity index (χ3n) is 2.14. The number of rotatable bonds is 2. The van der Waals surface area contributed by atoms with E-state index in [0.29, 0.717) is 0 Å². The minimum Gasteiger partial charge on any atom is -0.289 e. The quantitative estimate of drug-likeness (QED) is 0.579. The van der Waals surface area contributed by atoms with Crippen molar-refractivity contribution in [1.82, 2.24) is 0 Å². The lowest BCUT2D eigenvalue weighted by atomic mass is 10.0. The first kappa shape index (κ1) is 12.2. The predicted molar refractivity (Wildman–Crippen MR) is 67.4 cm³/mol. The van der Waals surface area contributed by atoms with Crippen LogP contribution in [0.4, 0.5) is 0 Å². The van der Waals surface area contributed by atoms with Crippen LogP contribution in [0.3, 0.4) is 0 Å². The van der Waals surface area contributed by atoms with Gasteiger partial charge in [0, 0.05) is 10.0 Å². The highest BCUT2D eigenvalue weighted by molar-refractivity contribution is 9.10. The monoisotopic (exact) mass is 266 g/mol. The Bertz CT molecular complexity index is 403. The lowest BCUT2D eigenvalue weighted by Gasteiger charge is -2.05. The van der Waals surface area contributed by atoms with Crippen LogP contribution in [-0.2, 0) is 0 Å². The van der Waals surface area contributed by atoms with Gasteiger partial charge < -0.3 is 0 Å². The van der Waals surface area contributed by atoms with Crippen molar-refractivity contribution in [2.24, 2.45) is 0 Å². The van der Waals surface area contributed by atoms with Crippen LogP contribution < -0.4 is 0 Å². The molecule has 0 bridgehead atoms. The lowest BCUT2D eigenvalue weighted by molar-refractivity contribution is 0.104. The molecule has 0 saturated carbocycles. The molecule has 0 unspecified atom stereocenters. The van der Waals surface area contributed by atoms with Crippen molar-refractivity contribution in [3.05, 3.63) is 44.9 Å². The highest BCUT2D eigenvalue weighted by Crippen LogP contribution is 2.22. The summed E-state index contributed by atoms with van der Waals surface area (Å²) in [5, 5.41) is 0. The number of halogens is 1. The van der Waals surface area contributed by atoms with Crippen molar-refractivity contribution in [2.45, 2.75) is 27.7 Å². The topological polar surface area (TPSA) is 17.1 Å². The largest absolute Gasteiger partial charge is 0.289 e. The summed E-state index contributed by atoms with van der Waals surface area (Å²) in [5.74, 6) is 0.0775. The zero-order valence-corrected chi connectivity index (χ0v) is 11.1. The molecule has 1 rings (SSSR count). The Morgan fingerprint density at radius 2 is 1.67 bits per heavy atom. The molecule has 0 atom stereocenters. The molecular formula is C13H15BrO. The highest BCUT2D eigenvalue weighted by Gasteiger charge is 2.07. The van der Waals surface area contributed by atoms with E-state index in [-0.39, 0.29) is 5.78 Å². The van der Waals surface area contributed by atoms with Gasteiger partial charge in [-0.2, -0.15) is 0 Å². The maximum atomic E-state index is 11.8. The first-order valence-corrected chi connectivity index (χ1v) is 5.67. The zero-order valence-electron chi connectivity index (χ0n) is 9.52. The molecular weight excluding hydrogens is 252 g/mol. The van der Waals surface area contributed by atoms with Crippen molar-refractivity contribution in [1.29, 1.82) is 0 Å². The first-order chi connectivity index (χ1) is 6.91. The third-order valence-corrected chi connectivity index (χ3v) is 3.39. The molecule has 0 radical (unpaired) electrons. The molecule has 1 nitrogen and oxygen atoms in total. The second kappa shape index (κ2) is 4.75. The van der Waals surface area contributed by atoms with Crippen molar-refractivity contribution < 1.29 is 4.79 Å². The van der Waals surface area contributed by atoms with E-state index in [1.165, 1.54) is 0 Å². The summed E-state index contributed by atoms with van der Waals surface area (Å²) in [6.45, 7) is 7.85. The van der Waals surface area contributed by atoms with Crippen molar-refractivity contribution in [3.8, 4) is 0 Å². The summed E-state index contributed by atoms with van der Waals surface area (Å²) in [7, 11) is 0. The summed E-state index contributed by atoms with van der Waals surface area (Å²) >= 11 is 3.49. The molecule has 0 aliphatic rings. The number of hydrogen-bond donors (Lipinski definition) is 0. The number of benzene rings is 1. The number of aryl methyl sites for hydroxylation is 2. The van der Waals surface area contributed by atoms with Gasteiger partial charge in [0.15, 0.2) is 5.78 Å². The highest BCUT2D eigenvalue weighted by atomic mass is 79.9. The molecule has 0 aliphatic heterocycles. The molecule has 0 saturated heterocycles. The average Bonchev–Trinajstić information content (AvgIpc) is 2.12. The second-order valence-corrected chi connectivity index (χ2v) is 4.80. The normalized spacial score (nSPS) is 9.93. The second-order valence-electron chi connectivity index (χ2n) is 4.01. The smallest absolute Gasteiger partial charge is 0.185 e. The summed E-state index contributed by atoms with van der Waals surface area (Å²) < 4.78 is 1.08. The number of hydrogen-bond acceptors (Lipinski definition) is 1. The fourth-order valence-electron chi connectivity index (χ4n) is 1.43. The van der Waals surface area contributed by atoms with Crippen LogP contribution in [0.15, 0.2) is 28.3 Å². The Hall–Kier alpha value is -0.890. The number of carbonyl (C=O) groups is 1. The summed E-state index contributed by atoms with van der Waals surface area (Å²) in [5.41, 5.74) is 3.98. The molecule has 15 heavy (non-hydrogen) atoms. The van der Waals surface area contributed by atoms with Gasteiger partial charge in [0.1, 0.15) is 0 Å². The van der Waals surface area contributed by atoms with E-state index in [4.69, 9.17) is 0 Å². The fourth-order valence-corrected chi connectivity index (χ4v) is 1.66. The van der Waals surface area contributed by atoms with E-state index in [2.05, 4.69) is 15.9 Å². The fraction of sp³-hybridized carbons (Fsp3) is 0.308. The van der Waals surface area contributed by atoms with E-state index >= 15 is 0 Å². The van der Waals surface area contributed by atoms with Gasteiger partial charge in [0.25, 0.3) is 0 Å². The standard InChI is InChI=1S/C13H15BrO/c1-8(2)5-12(15)11-6-9(3)13(14)10(4)7-11/h5-7H,1-4H3. The van der Waals surface area contributed by atoms with Crippen LogP contribution in [0.5, 0.6) is 0 Å². The van der Waals surface area contributed by atoms with Crippen LogP contribution in [0, 0.1) is 13.8 Å². The SMILES string of the molecule is CC(C)=CC(=O)c1cc(C)c(Br)c(C)c1. The molecule has 0 aromatic heterocycles. The van der Waals surface area contributed by atoms with Crippen LogP contribution in [0.2, 0.25) is 0 Å². The molecule has 0 heterocycles. The van der Waals surface area contributed by atoms with Crippen molar-refractivity contribution >= 4 is 21.7 Å². The van der Waals surface area contributed by atoms with Gasteiger partial charge in [-0.1, -0.05) is 21.5 Å². The lowest BCUT2D eigenvalue weighted by Crippen LogP contribution is -1.97. The van der Waals surface area contributed by atoms with E-state index in [9.17, 15) is 4.79 Å². The average molecular weight is 267 g/mol. The van der Waals surface area contributed by atoms with E-state index in [1.807, 2.05) is 39.8 Å². The Kier molecular flexibility index (Phi) is 3.86. The van der Waals surface area contributed by atoms with Gasteiger partial charge >= 0.3 is 0 Å². The molecule has 1 aromatic rings. The van der Waals surface area contributed by atoms with Crippen LogP contribution in [0.1, 0.15) is 35.3 Å². The predicted octanol–water partition coefficient (Wildman–Crippen LogP) is 4.21. The maximum Gasteiger partial charge on any atom is 0.185 e. The number of ketones is 1. The van der Waals surface area contributed by atoms with Gasteiger partial charge in [0.2, 0.25) is 0 Å². The molecule has 0 N–H and O–H groups in total. The van der Waals surface area contributed by atoms with Gasteiger partial charge in [0.05, 0.1) is 0 Å². The van der Waals surface area contributed by atoms with Crippen LogP contribution >= 0.6 is 15.9 Å². The summed E-state index contributed by atoms with van der Waals surface area (Å²) in [6.07, 6.45) is 1.67. The van der Waals surface area contributed by atoms with Gasteiger partial charge in [-0.25, -0.2) is 0 Å². The third kappa shape index (κ3) is 3.03. The van der Waals surface area contributed by atoms with Crippen LogP contribution in [0.25, 0.3) is 0 Å². The van der Waals surface area contributed by atoms with Gasteiger partial charge in [-0.15, -0.1) is 0 Å².